The standard InChI is InChI=1S/C23H32N4O8S2/c1-35-23(30)15-25-37(33,34)19-6-4-18(5-7-19)27-11-9-17(10-12-27)24-14-22(29)16-3-8-21(28)20(13-16)26-36(2,31)32/h3-8,13,17,22,24-26,28-29H,9-12,14-15H2,1-2H3/t22-/m1/s1. The van der Waals surface area contributed by atoms with E-state index in [2.05, 4.69) is 24.4 Å². The molecule has 0 radical (unpaired) electrons. The van der Waals surface area contributed by atoms with Gasteiger partial charge in [-0.3, -0.25) is 9.52 Å². The summed E-state index contributed by atoms with van der Waals surface area (Å²) in [6.45, 7) is 1.25. The number of rotatable bonds is 11. The second-order valence-electron chi connectivity index (χ2n) is 8.73. The maximum absolute atomic E-state index is 12.3. The third-order valence-corrected chi connectivity index (χ3v) is 7.95. The summed E-state index contributed by atoms with van der Waals surface area (Å²) in [5.74, 6) is -0.911. The highest BCUT2D eigenvalue weighted by Gasteiger charge is 2.22. The molecule has 0 amide bonds. The lowest BCUT2D eigenvalue weighted by Crippen LogP contribution is -2.43. The average Bonchev–Trinajstić information content (AvgIpc) is 2.86. The molecule has 5 N–H and O–H groups in total. The number of aromatic hydroxyl groups is 1. The Hall–Kier alpha value is -2.91. The highest BCUT2D eigenvalue weighted by Crippen LogP contribution is 2.28. The lowest BCUT2D eigenvalue weighted by molar-refractivity contribution is -0.139. The van der Waals surface area contributed by atoms with E-state index in [0.717, 1.165) is 37.9 Å². The summed E-state index contributed by atoms with van der Waals surface area (Å²) in [7, 11) is -6.22. The van der Waals surface area contributed by atoms with Gasteiger partial charge in [0.1, 0.15) is 12.3 Å². The number of phenols is 1. The van der Waals surface area contributed by atoms with Gasteiger partial charge < -0.3 is 25.2 Å². The van der Waals surface area contributed by atoms with Crippen LogP contribution in [0.1, 0.15) is 24.5 Å². The summed E-state index contributed by atoms with van der Waals surface area (Å²) in [5.41, 5.74) is 1.34. The number of methoxy groups -OCH3 is 1. The number of nitrogens with zero attached hydrogens (tertiary/aromatic N) is 1. The quantitative estimate of drug-likeness (QED) is 0.194. The molecule has 1 saturated heterocycles. The van der Waals surface area contributed by atoms with Crippen molar-refractivity contribution < 1.29 is 36.6 Å². The van der Waals surface area contributed by atoms with Gasteiger partial charge in [0.25, 0.3) is 0 Å². The molecule has 1 aliphatic rings. The zero-order valence-electron chi connectivity index (χ0n) is 20.5. The molecule has 0 unspecified atom stereocenters. The molecular weight excluding hydrogens is 524 g/mol. The van der Waals surface area contributed by atoms with Gasteiger partial charge in [0.05, 0.1) is 30.1 Å². The number of phenolic OH excluding ortho intramolecular Hbond substituents is 1. The molecule has 12 nitrogen and oxygen atoms in total. The zero-order chi connectivity index (χ0) is 27.2. The Morgan fingerprint density at radius 1 is 1.11 bits per heavy atom. The summed E-state index contributed by atoms with van der Waals surface area (Å²) in [6.07, 6.45) is 1.67. The molecule has 1 fully saturated rings. The van der Waals surface area contributed by atoms with Gasteiger partial charge >= 0.3 is 5.97 Å². The smallest absolute Gasteiger partial charge is 0.320 e. The van der Waals surface area contributed by atoms with Crippen LogP contribution >= 0.6 is 0 Å². The number of anilines is 2. The van der Waals surface area contributed by atoms with Crippen LogP contribution in [-0.4, -0.2) is 78.6 Å². The highest BCUT2D eigenvalue weighted by molar-refractivity contribution is 7.92. The number of piperidine rings is 1. The lowest BCUT2D eigenvalue weighted by atomic mass is 10.0. The van der Waals surface area contributed by atoms with Crippen molar-refractivity contribution in [3.8, 4) is 5.75 Å². The van der Waals surface area contributed by atoms with Crippen LogP contribution in [0.3, 0.4) is 0 Å². The van der Waals surface area contributed by atoms with Crippen LogP contribution in [0.2, 0.25) is 0 Å². The SMILES string of the molecule is COC(=O)CNS(=O)(=O)c1ccc(N2CCC(NC[C@@H](O)c3ccc(O)c(NS(C)(=O)=O)c3)CC2)cc1. The molecule has 1 aliphatic heterocycles. The number of nitrogens with one attached hydrogen (secondary N) is 3. The number of hydrogen-bond donors (Lipinski definition) is 5. The molecule has 37 heavy (non-hydrogen) atoms. The Labute approximate surface area is 216 Å². The maximum Gasteiger partial charge on any atom is 0.320 e. The van der Waals surface area contributed by atoms with Gasteiger partial charge in [-0.1, -0.05) is 6.07 Å². The molecule has 0 spiro atoms. The molecule has 2 aromatic rings. The van der Waals surface area contributed by atoms with Crippen LogP contribution in [0, 0.1) is 0 Å². The lowest BCUT2D eigenvalue weighted by Gasteiger charge is -2.34. The molecule has 204 valence electrons. The van der Waals surface area contributed by atoms with Gasteiger partial charge in [0.2, 0.25) is 20.0 Å². The molecule has 0 bridgehead atoms. The predicted octanol–water partition coefficient (Wildman–Crippen LogP) is 0.507. The Kier molecular flexibility index (Phi) is 9.36. The van der Waals surface area contributed by atoms with Gasteiger partial charge in [0.15, 0.2) is 0 Å². The summed E-state index contributed by atoms with van der Waals surface area (Å²) in [6, 6.07) is 10.8. The number of benzene rings is 2. The number of esters is 1. The normalized spacial score (nSPS) is 15.8. The van der Waals surface area contributed by atoms with Gasteiger partial charge in [-0.2, -0.15) is 4.72 Å². The van der Waals surface area contributed by atoms with E-state index in [1.165, 1.54) is 37.4 Å². The van der Waals surface area contributed by atoms with Crippen molar-refractivity contribution in [2.75, 3.05) is 49.2 Å². The molecule has 0 saturated carbocycles. The topological polar surface area (TPSA) is 174 Å². The summed E-state index contributed by atoms with van der Waals surface area (Å²) in [4.78, 5) is 13.4. The Morgan fingerprint density at radius 2 is 1.76 bits per heavy atom. The van der Waals surface area contributed by atoms with Crippen molar-refractivity contribution in [2.24, 2.45) is 0 Å². The molecule has 14 heteroatoms. The van der Waals surface area contributed by atoms with Crippen LogP contribution in [-0.2, 0) is 29.6 Å². The molecule has 1 atom stereocenters. The number of hydrogen-bond acceptors (Lipinski definition) is 10. The maximum atomic E-state index is 12.3. The molecular formula is C23H32N4O8S2. The van der Waals surface area contributed by atoms with Crippen molar-refractivity contribution >= 4 is 37.4 Å². The van der Waals surface area contributed by atoms with Crippen LogP contribution in [0.15, 0.2) is 47.4 Å². The van der Waals surface area contributed by atoms with E-state index >= 15 is 0 Å². The van der Waals surface area contributed by atoms with E-state index in [-0.39, 0.29) is 28.9 Å². The second kappa shape index (κ2) is 12.1. The van der Waals surface area contributed by atoms with Crippen molar-refractivity contribution in [3.63, 3.8) is 0 Å². The molecule has 0 aromatic heterocycles. The van der Waals surface area contributed by atoms with Gasteiger partial charge in [-0.05, 0) is 54.8 Å². The number of ether oxygens (including phenoxy) is 1. The molecule has 3 rings (SSSR count). The fourth-order valence-corrected chi connectivity index (χ4v) is 5.46. The summed E-state index contributed by atoms with van der Waals surface area (Å²) < 4.78 is 56.4. The van der Waals surface area contributed by atoms with E-state index in [4.69, 9.17) is 0 Å². The number of carbonyl (C=O) groups excluding carboxylic acids is 1. The molecule has 2 aromatic carbocycles. The number of carbonyl (C=O) groups is 1. The average molecular weight is 557 g/mol. The zero-order valence-corrected chi connectivity index (χ0v) is 22.2. The van der Waals surface area contributed by atoms with E-state index < -0.39 is 38.7 Å². The van der Waals surface area contributed by atoms with Crippen LogP contribution in [0.4, 0.5) is 11.4 Å². The van der Waals surface area contributed by atoms with E-state index in [9.17, 15) is 31.8 Å². The third-order valence-electron chi connectivity index (χ3n) is 5.94. The Balaban J connectivity index is 1.50. The van der Waals surface area contributed by atoms with Crippen LogP contribution in [0.25, 0.3) is 0 Å². The first-order valence-electron chi connectivity index (χ1n) is 11.5. The molecule has 0 aliphatic carbocycles. The monoisotopic (exact) mass is 556 g/mol. The van der Waals surface area contributed by atoms with Crippen LogP contribution < -0.4 is 19.7 Å². The van der Waals surface area contributed by atoms with Crippen molar-refractivity contribution in [1.29, 1.82) is 0 Å². The van der Waals surface area contributed by atoms with Gasteiger partial charge in [0, 0.05) is 31.4 Å². The summed E-state index contributed by atoms with van der Waals surface area (Å²) in [5, 5.41) is 23.7. The fraction of sp³-hybridized carbons (Fsp3) is 0.435. The van der Waals surface area contributed by atoms with E-state index in [0.29, 0.717) is 5.56 Å². The van der Waals surface area contributed by atoms with Crippen molar-refractivity contribution in [2.45, 2.75) is 29.9 Å². The number of aliphatic hydroxyl groups excluding tert-OH is 1. The van der Waals surface area contributed by atoms with E-state index in [1.54, 1.807) is 12.1 Å². The first-order chi connectivity index (χ1) is 17.4. The Bertz CT molecular complexity index is 1290. The number of aliphatic hydroxyl groups is 1. The van der Waals surface area contributed by atoms with Crippen LogP contribution in [0.5, 0.6) is 5.75 Å². The minimum absolute atomic E-state index is 0.00502. The fourth-order valence-electron chi connectivity index (χ4n) is 3.93. The molecule has 1 heterocycles. The first kappa shape index (κ1) is 28.7. The highest BCUT2D eigenvalue weighted by atomic mass is 32.2. The third kappa shape index (κ3) is 8.30. The minimum Gasteiger partial charge on any atom is -0.506 e. The first-order valence-corrected chi connectivity index (χ1v) is 14.9. The minimum atomic E-state index is -3.83. The predicted molar refractivity (Wildman–Crippen MR) is 138 cm³/mol. The summed E-state index contributed by atoms with van der Waals surface area (Å²) >= 11 is 0. The number of sulfonamides is 2. The second-order valence-corrected chi connectivity index (χ2v) is 12.2. The van der Waals surface area contributed by atoms with E-state index in [1.807, 2.05) is 0 Å². The van der Waals surface area contributed by atoms with Gasteiger partial charge in [-0.25, -0.2) is 16.8 Å². The van der Waals surface area contributed by atoms with Crippen molar-refractivity contribution in [3.05, 3.63) is 48.0 Å². The van der Waals surface area contributed by atoms with Gasteiger partial charge in [-0.15, -0.1) is 0 Å². The Morgan fingerprint density at radius 3 is 2.35 bits per heavy atom. The van der Waals surface area contributed by atoms with Crippen molar-refractivity contribution in [1.82, 2.24) is 10.0 Å². The largest absolute Gasteiger partial charge is 0.506 e.